The smallest absolute Gasteiger partial charge is 0.291 e. The van der Waals surface area contributed by atoms with E-state index in [0.29, 0.717) is 22.6 Å². The number of β-amino-alcohol motifs (C(OH)–C–C–N with tert-alkyl or cyclic N) is 1. The molecule has 29 heavy (non-hydrogen) atoms. The summed E-state index contributed by atoms with van der Waals surface area (Å²) < 4.78 is 10.7. The molecule has 3 rings (SSSR count). The van der Waals surface area contributed by atoms with Crippen molar-refractivity contribution >= 4 is 17.5 Å². The van der Waals surface area contributed by atoms with Gasteiger partial charge in [0.05, 0.1) is 26.4 Å². The van der Waals surface area contributed by atoms with Gasteiger partial charge in [0.15, 0.2) is 5.78 Å². The van der Waals surface area contributed by atoms with Crippen molar-refractivity contribution in [2.24, 2.45) is 5.92 Å². The van der Waals surface area contributed by atoms with Gasteiger partial charge in [-0.2, -0.15) is 0 Å². The summed E-state index contributed by atoms with van der Waals surface area (Å²) in [5.74, 6) is -2.33. The first-order valence-electron chi connectivity index (χ1n) is 9.23. The molecule has 0 spiro atoms. The average Bonchev–Trinajstić information content (AvgIpc) is 2.97. The molecule has 3 atom stereocenters. The molecule has 2 aromatic rings. The van der Waals surface area contributed by atoms with Gasteiger partial charge in [-0.15, -0.1) is 0 Å². The van der Waals surface area contributed by atoms with Crippen molar-refractivity contribution in [2.45, 2.75) is 19.1 Å². The van der Waals surface area contributed by atoms with E-state index in [4.69, 9.17) is 9.47 Å². The van der Waals surface area contributed by atoms with Crippen molar-refractivity contribution in [3.05, 3.63) is 59.7 Å². The van der Waals surface area contributed by atoms with Crippen LogP contribution >= 0.6 is 0 Å². The van der Waals surface area contributed by atoms with E-state index in [2.05, 4.69) is 0 Å². The number of methoxy groups -OCH3 is 2. The number of Topliss-reactive ketones (excluding diaryl/α,β-unsaturated/α-hetero) is 2. The van der Waals surface area contributed by atoms with Gasteiger partial charge in [-0.3, -0.25) is 14.4 Å². The molecule has 1 aliphatic rings. The van der Waals surface area contributed by atoms with Crippen molar-refractivity contribution in [3.8, 4) is 11.5 Å². The Morgan fingerprint density at radius 1 is 1.10 bits per heavy atom. The van der Waals surface area contributed by atoms with Crippen LogP contribution in [0.1, 0.15) is 28.9 Å². The highest BCUT2D eigenvalue weighted by atomic mass is 16.5. The van der Waals surface area contributed by atoms with Crippen LogP contribution in [-0.4, -0.2) is 54.3 Å². The third-order valence-corrected chi connectivity index (χ3v) is 4.97. The van der Waals surface area contributed by atoms with Crippen LogP contribution in [0, 0.1) is 5.92 Å². The van der Waals surface area contributed by atoms with Gasteiger partial charge in [0, 0.05) is 23.7 Å². The van der Waals surface area contributed by atoms with Crippen molar-refractivity contribution < 1.29 is 29.0 Å². The standard InChI is InChI=1S/C22H23NO6/c1-13(24)12-23-19(16-10-9-15(28-2)11-17(16)29-3)18(21(26)22(23)27)20(25)14-7-5-4-6-8-14/h4-11,13,18-19,24H,12H2,1-3H3. The van der Waals surface area contributed by atoms with E-state index in [0.717, 1.165) is 0 Å². The van der Waals surface area contributed by atoms with Crippen LogP contribution in [-0.2, 0) is 9.59 Å². The normalized spacial score (nSPS) is 19.9. The number of carbonyl (C=O) groups is 3. The molecule has 0 aromatic heterocycles. The average molecular weight is 397 g/mol. The van der Waals surface area contributed by atoms with Crippen LogP contribution in [0.25, 0.3) is 0 Å². The number of ketones is 2. The van der Waals surface area contributed by atoms with E-state index >= 15 is 0 Å². The minimum absolute atomic E-state index is 0.0804. The largest absolute Gasteiger partial charge is 0.497 e. The zero-order valence-electron chi connectivity index (χ0n) is 16.5. The van der Waals surface area contributed by atoms with Crippen molar-refractivity contribution in [2.75, 3.05) is 20.8 Å². The third kappa shape index (κ3) is 3.86. The first-order valence-corrected chi connectivity index (χ1v) is 9.23. The van der Waals surface area contributed by atoms with Crippen LogP contribution in [0.15, 0.2) is 48.5 Å². The third-order valence-electron chi connectivity index (χ3n) is 4.97. The van der Waals surface area contributed by atoms with Crippen LogP contribution < -0.4 is 9.47 Å². The topological polar surface area (TPSA) is 93.1 Å². The Bertz CT molecular complexity index is 924. The summed E-state index contributed by atoms with van der Waals surface area (Å²) in [6, 6.07) is 12.5. The molecule has 0 aliphatic carbocycles. The molecule has 7 nitrogen and oxygen atoms in total. The molecule has 1 heterocycles. The molecule has 1 aliphatic heterocycles. The second kappa shape index (κ2) is 8.45. The van der Waals surface area contributed by atoms with Gasteiger partial charge in [-0.05, 0) is 19.1 Å². The highest BCUT2D eigenvalue weighted by molar-refractivity contribution is 6.44. The van der Waals surface area contributed by atoms with E-state index in [1.165, 1.54) is 26.0 Å². The maximum atomic E-state index is 13.2. The summed E-state index contributed by atoms with van der Waals surface area (Å²) in [6.45, 7) is 1.44. The number of nitrogens with zero attached hydrogens (tertiary/aromatic N) is 1. The number of aliphatic hydroxyl groups excluding tert-OH is 1. The number of ether oxygens (including phenoxy) is 2. The minimum atomic E-state index is -1.23. The van der Waals surface area contributed by atoms with Crippen LogP contribution in [0.5, 0.6) is 11.5 Å². The molecule has 1 fully saturated rings. The monoisotopic (exact) mass is 397 g/mol. The van der Waals surface area contributed by atoms with Gasteiger partial charge in [-0.1, -0.05) is 30.3 Å². The van der Waals surface area contributed by atoms with Gasteiger partial charge in [0.1, 0.15) is 17.4 Å². The Kier molecular flexibility index (Phi) is 5.98. The Labute approximate surface area is 168 Å². The first kappa shape index (κ1) is 20.5. The van der Waals surface area contributed by atoms with Gasteiger partial charge in [0.25, 0.3) is 5.91 Å². The molecule has 152 valence electrons. The SMILES string of the molecule is COc1ccc(C2C(C(=O)c3ccccc3)C(=O)C(=O)N2CC(C)O)c(OC)c1. The van der Waals surface area contributed by atoms with Crippen molar-refractivity contribution in [1.29, 1.82) is 0 Å². The molecule has 1 N–H and O–H groups in total. The van der Waals surface area contributed by atoms with E-state index in [-0.39, 0.29) is 6.54 Å². The van der Waals surface area contributed by atoms with E-state index in [9.17, 15) is 19.5 Å². The lowest BCUT2D eigenvalue weighted by Crippen LogP contribution is -2.36. The zero-order chi connectivity index (χ0) is 21.1. The summed E-state index contributed by atoms with van der Waals surface area (Å²) in [7, 11) is 2.97. The van der Waals surface area contributed by atoms with E-state index in [1.54, 1.807) is 48.5 Å². The number of likely N-dealkylation sites (tertiary alicyclic amines) is 1. The number of hydrogen-bond acceptors (Lipinski definition) is 6. The molecule has 7 heteroatoms. The quantitative estimate of drug-likeness (QED) is 0.437. The number of aliphatic hydroxyl groups is 1. The highest BCUT2D eigenvalue weighted by Crippen LogP contribution is 2.42. The first-order chi connectivity index (χ1) is 13.9. The highest BCUT2D eigenvalue weighted by Gasteiger charge is 2.52. The molecule has 3 unspecified atom stereocenters. The lowest BCUT2D eigenvalue weighted by atomic mass is 9.86. The number of benzene rings is 2. The molecule has 0 saturated carbocycles. The number of carbonyl (C=O) groups excluding carboxylic acids is 3. The van der Waals surface area contributed by atoms with Gasteiger partial charge in [0.2, 0.25) is 5.78 Å². The molecule has 1 amide bonds. The Morgan fingerprint density at radius 3 is 2.38 bits per heavy atom. The molecule has 2 aromatic carbocycles. The predicted octanol–water partition coefficient (Wildman–Crippen LogP) is 2.04. The molecular formula is C22H23NO6. The van der Waals surface area contributed by atoms with Crippen LogP contribution in [0.2, 0.25) is 0 Å². The van der Waals surface area contributed by atoms with Gasteiger partial charge < -0.3 is 19.5 Å². The van der Waals surface area contributed by atoms with Crippen LogP contribution in [0.4, 0.5) is 0 Å². The number of amides is 1. The fraction of sp³-hybridized carbons (Fsp3) is 0.318. The second-order valence-corrected chi connectivity index (χ2v) is 6.93. The zero-order valence-corrected chi connectivity index (χ0v) is 16.5. The maximum absolute atomic E-state index is 13.2. The minimum Gasteiger partial charge on any atom is -0.497 e. The van der Waals surface area contributed by atoms with E-state index in [1.807, 2.05) is 0 Å². The molecule has 0 radical (unpaired) electrons. The van der Waals surface area contributed by atoms with Crippen molar-refractivity contribution in [1.82, 2.24) is 4.90 Å². The summed E-state index contributed by atoms with van der Waals surface area (Å²) in [5.41, 5.74) is 0.845. The van der Waals surface area contributed by atoms with Gasteiger partial charge >= 0.3 is 0 Å². The second-order valence-electron chi connectivity index (χ2n) is 6.93. The molecular weight excluding hydrogens is 374 g/mol. The predicted molar refractivity (Wildman–Crippen MR) is 105 cm³/mol. The number of rotatable bonds is 7. The Morgan fingerprint density at radius 2 is 1.79 bits per heavy atom. The lowest BCUT2D eigenvalue weighted by Gasteiger charge is -2.29. The summed E-state index contributed by atoms with van der Waals surface area (Å²) in [5, 5.41) is 9.89. The maximum Gasteiger partial charge on any atom is 0.291 e. The van der Waals surface area contributed by atoms with E-state index < -0.39 is 35.5 Å². The molecule has 0 bridgehead atoms. The summed E-state index contributed by atoms with van der Waals surface area (Å²) in [4.78, 5) is 40.1. The van der Waals surface area contributed by atoms with Crippen LogP contribution in [0.3, 0.4) is 0 Å². The Hall–Kier alpha value is -3.19. The summed E-state index contributed by atoms with van der Waals surface area (Å²) >= 11 is 0. The van der Waals surface area contributed by atoms with Crippen molar-refractivity contribution in [3.63, 3.8) is 0 Å². The fourth-order valence-corrected chi connectivity index (χ4v) is 3.66. The Balaban J connectivity index is 2.14. The molecule has 1 saturated heterocycles. The fourth-order valence-electron chi connectivity index (χ4n) is 3.66. The number of hydrogen-bond donors (Lipinski definition) is 1. The summed E-state index contributed by atoms with van der Waals surface area (Å²) in [6.07, 6.45) is -0.871. The lowest BCUT2D eigenvalue weighted by molar-refractivity contribution is -0.141. The van der Waals surface area contributed by atoms with Gasteiger partial charge in [-0.25, -0.2) is 0 Å².